The maximum absolute atomic E-state index is 13.1. The average molecular weight is 384 g/mol. The minimum absolute atomic E-state index is 0.0907. The van der Waals surface area contributed by atoms with E-state index in [2.05, 4.69) is 16.2 Å². The maximum atomic E-state index is 13.1. The SMILES string of the molecule is CN1CCOc2ccc(NC(=O)C3CC(c4ccc(F)cc4)NN3)cc2C1=O. The Balaban J connectivity index is 1.44. The van der Waals surface area contributed by atoms with Crippen LogP contribution in [0.15, 0.2) is 42.5 Å². The van der Waals surface area contributed by atoms with E-state index in [0.717, 1.165) is 5.56 Å². The van der Waals surface area contributed by atoms with Gasteiger partial charge >= 0.3 is 0 Å². The number of ether oxygens (including phenoxy) is 1. The van der Waals surface area contributed by atoms with Crippen LogP contribution in [-0.4, -0.2) is 43.0 Å². The number of carbonyl (C=O) groups excluding carboxylic acids is 2. The monoisotopic (exact) mass is 384 g/mol. The van der Waals surface area contributed by atoms with Crippen LogP contribution in [0.2, 0.25) is 0 Å². The summed E-state index contributed by atoms with van der Waals surface area (Å²) in [7, 11) is 1.72. The van der Waals surface area contributed by atoms with Gasteiger partial charge in [-0.15, -0.1) is 0 Å². The predicted octanol–water partition coefficient (Wildman–Crippen LogP) is 1.84. The summed E-state index contributed by atoms with van der Waals surface area (Å²) in [6.07, 6.45) is 0.521. The molecule has 2 aliphatic heterocycles. The number of anilines is 1. The van der Waals surface area contributed by atoms with Crippen molar-refractivity contribution >= 4 is 17.5 Å². The number of carbonyl (C=O) groups is 2. The molecule has 2 atom stereocenters. The second kappa shape index (κ2) is 7.57. The molecule has 0 aromatic heterocycles. The molecule has 1 fully saturated rings. The zero-order chi connectivity index (χ0) is 19.7. The summed E-state index contributed by atoms with van der Waals surface area (Å²) in [6, 6.07) is 10.7. The molecule has 2 amide bonds. The summed E-state index contributed by atoms with van der Waals surface area (Å²) in [4.78, 5) is 26.7. The highest BCUT2D eigenvalue weighted by Crippen LogP contribution is 2.27. The summed E-state index contributed by atoms with van der Waals surface area (Å²) in [5.41, 5.74) is 7.90. The fraction of sp³-hybridized carbons (Fsp3) is 0.300. The van der Waals surface area contributed by atoms with E-state index < -0.39 is 6.04 Å². The molecule has 7 nitrogen and oxygen atoms in total. The van der Waals surface area contributed by atoms with Crippen LogP contribution in [0, 0.1) is 5.82 Å². The summed E-state index contributed by atoms with van der Waals surface area (Å²) in [6.45, 7) is 0.945. The number of amides is 2. The van der Waals surface area contributed by atoms with Gasteiger partial charge in [-0.1, -0.05) is 12.1 Å². The first-order valence-corrected chi connectivity index (χ1v) is 9.11. The highest BCUT2D eigenvalue weighted by atomic mass is 19.1. The summed E-state index contributed by atoms with van der Waals surface area (Å²) < 4.78 is 18.7. The lowest BCUT2D eigenvalue weighted by Gasteiger charge is -2.14. The number of nitrogens with zero attached hydrogens (tertiary/aromatic N) is 1. The van der Waals surface area contributed by atoms with E-state index in [0.29, 0.717) is 36.6 Å². The number of hydrogen-bond donors (Lipinski definition) is 3. The van der Waals surface area contributed by atoms with Crippen LogP contribution in [0.5, 0.6) is 5.75 Å². The first-order chi connectivity index (χ1) is 13.5. The van der Waals surface area contributed by atoms with E-state index in [1.54, 1.807) is 42.3 Å². The number of hydrazine groups is 1. The smallest absolute Gasteiger partial charge is 0.257 e. The molecule has 0 saturated carbocycles. The van der Waals surface area contributed by atoms with Gasteiger partial charge in [0.15, 0.2) is 0 Å². The van der Waals surface area contributed by atoms with E-state index in [4.69, 9.17) is 4.74 Å². The van der Waals surface area contributed by atoms with Crippen LogP contribution < -0.4 is 20.9 Å². The van der Waals surface area contributed by atoms with Crippen molar-refractivity contribution in [1.82, 2.24) is 15.8 Å². The molecule has 2 aliphatic rings. The number of hydrogen-bond acceptors (Lipinski definition) is 5. The second-order valence-electron chi connectivity index (χ2n) is 6.96. The second-order valence-corrected chi connectivity index (χ2v) is 6.96. The fourth-order valence-corrected chi connectivity index (χ4v) is 3.37. The first kappa shape index (κ1) is 18.4. The van der Waals surface area contributed by atoms with E-state index in [-0.39, 0.29) is 23.7 Å². The lowest BCUT2D eigenvalue weighted by Crippen LogP contribution is -2.39. The van der Waals surface area contributed by atoms with Gasteiger partial charge in [0, 0.05) is 18.8 Å². The highest BCUT2D eigenvalue weighted by Gasteiger charge is 2.30. The van der Waals surface area contributed by atoms with Crippen molar-refractivity contribution < 1.29 is 18.7 Å². The molecule has 2 aromatic carbocycles. The molecule has 8 heteroatoms. The Morgan fingerprint density at radius 2 is 2.00 bits per heavy atom. The Morgan fingerprint density at radius 3 is 2.79 bits per heavy atom. The van der Waals surface area contributed by atoms with Crippen LogP contribution in [0.25, 0.3) is 0 Å². The number of halogens is 1. The number of rotatable bonds is 3. The molecule has 28 heavy (non-hydrogen) atoms. The van der Waals surface area contributed by atoms with Gasteiger partial charge < -0.3 is 15.0 Å². The van der Waals surface area contributed by atoms with E-state index in [1.165, 1.54) is 12.1 Å². The molecular formula is C20H21FN4O3. The largest absolute Gasteiger partial charge is 0.491 e. The van der Waals surface area contributed by atoms with Gasteiger partial charge in [-0.25, -0.2) is 15.2 Å². The number of fused-ring (bicyclic) bond motifs is 1. The topological polar surface area (TPSA) is 82.7 Å². The molecule has 0 radical (unpaired) electrons. The van der Waals surface area contributed by atoms with E-state index >= 15 is 0 Å². The lowest BCUT2D eigenvalue weighted by molar-refractivity contribution is -0.117. The predicted molar refractivity (Wildman–Crippen MR) is 101 cm³/mol. The van der Waals surface area contributed by atoms with Crippen molar-refractivity contribution in [3.05, 3.63) is 59.4 Å². The molecule has 146 valence electrons. The van der Waals surface area contributed by atoms with Gasteiger partial charge in [0.05, 0.1) is 12.1 Å². The van der Waals surface area contributed by atoms with Crippen LogP contribution >= 0.6 is 0 Å². The minimum Gasteiger partial charge on any atom is -0.491 e. The molecular weight excluding hydrogens is 363 g/mol. The molecule has 0 bridgehead atoms. The van der Waals surface area contributed by atoms with Crippen LogP contribution in [-0.2, 0) is 4.79 Å². The summed E-state index contributed by atoms with van der Waals surface area (Å²) in [5.74, 6) is -0.131. The van der Waals surface area contributed by atoms with Gasteiger partial charge in [-0.3, -0.25) is 9.59 Å². The van der Waals surface area contributed by atoms with Crippen molar-refractivity contribution in [1.29, 1.82) is 0 Å². The summed E-state index contributed by atoms with van der Waals surface area (Å²) in [5, 5.41) is 2.84. The van der Waals surface area contributed by atoms with Crippen LogP contribution in [0.4, 0.5) is 10.1 Å². The van der Waals surface area contributed by atoms with Gasteiger partial charge in [0.2, 0.25) is 5.91 Å². The quantitative estimate of drug-likeness (QED) is 0.752. The molecule has 1 saturated heterocycles. The maximum Gasteiger partial charge on any atom is 0.257 e. The van der Waals surface area contributed by atoms with E-state index in [9.17, 15) is 14.0 Å². The van der Waals surface area contributed by atoms with Crippen LogP contribution in [0.1, 0.15) is 28.4 Å². The first-order valence-electron chi connectivity index (χ1n) is 9.11. The highest BCUT2D eigenvalue weighted by molar-refractivity contribution is 6.00. The van der Waals surface area contributed by atoms with Gasteiger partial charge in [-0.2, -0.15) is 0 Å². The fourth-order valence-electron chi connectivity index (χ4n) is 3.37. The third-order valence-corrected chi connectivity index (χ3v) is 5.00. The number of nitrogens with one attached hydrogen (secondary N) is 3. The van der Waals surface area contributed by atoms with Crippen molar-refractivity contribution in [2.45, 2.75) is 18.5 Å². The lowest BCUT2D eigenvalue weighted by atomic mass is 10.0. The van der Waals surface area contributed by atoms with Crippen molar-refractivity contribution in [3.8, 4) is 5.75 Å². The number of benzene rings is 2. The van der Waals surface area contributed by atoms with E-state index in [1.807, 2.05) is 0 Å². The zero-order valence-electron chi connectivity index (χ0n) is 15.4. The Bertz CT molecular complexity index is 903. The van der Waals surface area contributed by atoms with Crippen molar-refractivity contribution in [3.63, 3.8) is 0 Å². The Hall–Kier alpha value is -2.97. The molecule has 2 aromatic rings. The summed E-state index contributed by atoms with van der Waals surface area (Å²) >= 11 is 0. The molecule has 0 aliphatic carbocycles. The molecule has 4 rings (SSSR count). The molecule has 2 heterocycles. The Kier molecular flexibility index (Phi) is 4.97. The minimum atomic E-state index is -0.455. The standard InChI is InChI=1S/C20H21FN4O3/c1-25-8-9-28-18-7-6-14(10-15(18)20(25)27)22-19(26)17-11-16(23-24-17)12-2-4-13(21)5-3-12/h2-7,10,16-17,23-24H,8-9,11H2,1H3,(H,22,26). The average Bonchev–Trinajstić information content (AvgIpc) is 3.14. The van der Waals surface area contributed by atoms with Gasteiger partial charge in [0.1, 0.15) is 24.2 Å². The Morgan fingerprint density at radius 1 is 1.21 bits per heavy atom. The normalized spacial score (nSPS) is 21.6. The van der Waals surface area contributed by atoms with Crippen molar-refractivity contribution in [2.75, 3.05) is 25.5 Å². The van der Waals surface area contributed by atoms with Gasteiger partial charge in [-0.05, 0) is 42.3 Å². The third-order valence-electron chi connectivity index (χ3n) is 5.00. The van der Waals surface area contributed by atoms with Crippen molar-refractivity contribution in [2.24, 2.45) is 0 Å². The Labute approximate surface area is 161 Å². The zero-order valence-corrected chi connectivity index (χ0v) is 15.4. The molecule has 0 spiro atoms. The number of likely N-dealkylation sites (N-methyl/N-ethyl adjacent to an activating group) is 1. The van der Waals surface area contributed by atoms with Crippen LogP contribution in [0.3, 0.4) is 0 Å². The molecule has 3 N–H and O–H groups in total. The molecule has 2 unspecified atom stereocenters. The van der Waals surface area contributed by atoms with Gasteiger partial charge in [0.25, 0.3) is 5.91 Å². The third kappa shape index (κ3) is 3.69.